The number of aromatic hydroxyl groups is 1. The second-order valence-corrected chi connectivity index (χ2v) is 5.11. The number of aromatic nitrogens is 1. The third kappa shape index (κ3) is 2.86. The Labute approximate surface area is 109 Å². The van der Waals surface area contributed by atoms with Crippen LogP contribution in [-0.2, 0) is 0 Å². The predicted molar refractivity (Wildman–Crippen MR) is 70.1 cm³/mol. The molecular formula is C13H15FN2OS. The molecule has 2 unspecified atom stereocenters. The monoisotopic (exact) mass is 266 g/mol. The lowest BCUT2D eigenvalue weighted by molar-refractivity contribution is 0.454. The highest BCUT2D eigenvalue weighted by molar-refractivity contribution is 7.09. The summed E-state index contributed by atoms with van der Waals surface area (Å²) in [7, 11) is 0. The van der Waals surface area contributed by atoms with Crippen molar-refractivity contribution >= 4 is 11.3 Å². The summed E-state index contributed by atoms with van der Waals surface area (Å²) in [6, 6.07) is 4.13. The van der Waals surface area contributed by atoms with Crippen LogP contribution in [0.1, 0.15) is 36.5 Å². The second kappa shape index (κ2) is 5.46. The first-order valence-electron chi connectivity index (χ1n) is 5.71. The molecule has 2 aromatic rings. The van der Waals surface area contributed by atoms with Crippen molar-refractivity contribution in [3.63, 3.8) is 0 Å². The fourth-order valence-electron chi connectivity index (χ4n) is 1.85. The highest BCUT2D eigenvalue weighted by atomic mass is 32.1. The molecule has 0 bridgehead atoms. The molecule has 96 valence electrons. The molecule has 2 N–H and O–H groups in total. The van der Waals surface area contributed by atoms with E-state index in [2.05, 4.69) is 10.3 Å². The van der Waals surface area contributed by atoms with E-state index >= 15 is 0 Å². The number of benzene rings is 1. The fourth-order valence-corrected chi connectivity index (χ4v) is 2.51. The summed E-state index contributed by atoms with van der Waals surface area (Å²) in [6.45, 7) is 3.88. The van der Waals surface area contributed by atoms with Gasteiger partial charge in [0.1, 0.15) is 16.6 Å². The Hall–Kier alpha value is -1.46. The van der Waals surface area contributed by atoms with Gasteiger partial charge in [-0.05, 0) is 19.9 Å². The maximum Gasteiger partial charge on any atom is 0.131 e. The summed E-state index contributed by atoms with van der Waals surface area (Å²) in [5.74, 6) is -0.460. The zero-order valence-corrected chi connectivity index (χ0v) is 11.0. The average Bonchev–Trinajstić information content (AvgIpc) is 2.81. The van der Waals surface area contributed by atoms with E-state index in [9.17, 15) is 9.50 Å². The summed E-state index contributed by atoms with van der Waals surface area (Å²) >= 11 is 1.57. The van der Waals surface area contributed by atoms with Crippen LogP contribution in [0.25, 0.3) is 0 Å². The van der Waals surface area contributed by atoms with E-state index in [0.29, 0.717) is 5.56 Å². The van der Waals surface area contributed by atoms with E-state index in [-0.39, 0.29) is 17.8 Å². The summed E-state index contributed by atoms with van der Waals surface area (Å²) in [5.41, 5.74) is 0.538. The van der Waals surface area contributed by atoms with Gasteiger partial charge in [0.15, 0.2) is 0 Å². The average molecular weight is 266 g/mol. The van der Waals surface area contributed by atoms with Gasteiger partial charge >= 0.3 is 0 Å². The van der Waals surface area contributed by atoms with Crippen molar-refractivity contribution in [3.05, 3.63) is 46.2 Å². The smallest absolute Gasteiger partial charge is 0.131 e. The van der Waals surface area contributed by atoms with Crippen LogP contribution >= 0.6 is 11.3 Å². The maximum absolute atomic E-state index is 13.7. The molecule has 0 aliphatic carbocycles. The molecule has 2 atom stereocenters. The number of rotatable bonds is 4. The van der Waals surface area contributed by atoms with Gasteiger partial charge in [-0.3, -0.25) is 0 Å². The lowest BCUT2D eigenvalue weighted by Crippen LogP contribution is -2.23. The van der Waals surface area contributed by atoms with Gasteiger partial charge in [-0.25, -0.2) is 9.37 Å². The van der Waals surface area contributed by atoms with Crippen molar-refractivity contribution in [1.29, 1.82) is 0 Å². The zero-order chi connectivity index (χ0) is 13.1. The Morgan fingerprint density at radius 3 is 2.72 bits per heavy atom. The van der Waals surface area contributed by atoms with E-state index < -0.39 is 5.82 Å². The quantitative estimate of drug-likeness (QED) is 0.891. The number of halogens is 1. The molecule has 0 radical (unpaired) electrons. The molecule has 0 saturated carbocycles. The summed E-state index contributed by atoms with van der Waals surface area (Å²) in [4.78, 5) is 4.22. The van der Waals surface area contributed by atoms with Crippen LogP contribution in [0.4, 0.5) is 4.39 Å². The molecule has 2 rings (SSSR count). The Balaban J connectivity index is 2.10. The van der Waals surface area contributed by atoms with Gasteiger partial charge in [0, 0.05) is 29.2 Å². The van der Waals surface area contributed by atoms with E-state index in [1.807, 2.05) is 19.2 Å². The van der Waals surface area contributed by atoms with Gasteiger partial charge in [-0.2, -0.15) is 0 Å². The number of phenolic OH excluding ortho intramolecular Hbond substituents is 1. The Bertz CT molecular complexity index is 516. The first-order valence-corrected chi connectivity index (χ1v) is 6.59. The van der Waals surface area contributed by atoms with Gasteiger partial charge in [-0.15, -0.1) is 11.3 Å². The predicted octanol–water partition coefficient (Wildman–Crippen LogP) is 3.40. The van der Waals surface area contributed by atoms with Crippen LogP contribution in [-0.4, -0.2) is 10.1 Å². The fraction of sp³-hybridized carbons (Fsp3) is 0.308. The standard InChI is InChI=1S/C13H15FN2OS/c1-8(11-4-3-10(17)7-12(11)14)16-9(2)13-15-5-6-18-13/h3-9,16-17H,1-2H3. The normalized spacial score (nSPS) is 14.4. The van der Waals surface area contributed by atoms with Gasteiger partial charge in [0.05, 0.1) is 6.04 Å². The minimum absolute atomic E-state index is 0.0589. The Morgan fingerprint density at radius 1 is 1.33 bits per heavy atom. The van der Waals surface area contributed by atoms with Crippen LogP contribution in [0.3, 0.4) is 0 Å². The minimum Gasteiger partial charge on any atom is -0.508 e. The molecule has 0 saturated heterocycles. The minimum atomic E-state index is -0.402. The maximum atomic E-state index is 13.7. The molecule has 1 aromatic carbocycles. The third-order valence-corrected chi connectivity index (χ3v) is 3.73. The van der Waals surface area contributed by atoms with E-state index in [4.69, 9.17) is 0 Å². The summed E-state index contributed by atoms with van der Waals surface area (Å²) in [6.07, 6.45) is 1.75. The van der Waals surface area contributed by atoms with Crippen LogP contribution in [0.15, 0.2) is 29.8 Å². The van der Waals surface area contributed by atoms with Crippen molar-refractivity contribution in [2.45, 2.75) is 25.9 Å². The molecule has 18 heavy (non-hydrogen) atoms. The van der Waals surface area contributed by atoms with Gasteiger partial charge < -0.3 is 10.4 Å². The number of phenols is 1. The van der Waals surface area contributed by atoms with Gasteiger partial charge in [-0.1, -0.05) is 6.07 Å². The number of thiazole rings is 1. The lowest BCUT2D eigenvalue weighted by atomic mass is 10.1. The molecule has 0 aliphatic heterocycles. The molecule has 5 heteroatoms. The van der Waals surface area contributed by atoms with Gasteiger partial charge in [0.25, 0.3) is 0 Å². The van der Waals surface area contributed by atoms with Crippen LogP contribution in [0.2, 0.25) is 0 Å². The van der Waals surface area contributed by atoms with Gasteiger partial charge in [0.2, 0.25) is 0 Å². The molecule has 0 fully saturated rings. The largest absolute Gasteiger partial charge is 0.508 e. The van der Waals surface area contributed by atoms with E-state index in [1.165, 1.54) is 6.07 Å². The SMILES string of the molecule is CC(NC(C)c1ccc(O)cc1F)c1nccs1. The molecule has 3 nitrogen and oxygen atoms in total. The van der Waals surface area contributed by atoms with Crippen molar-refractivity contribution in [2.24, 2.45) is 0 Å². The summed E-state index contributed by atoms with van der Waals surface area (Å²) < 4.78 is 13.7. The summed E-state index contributed by atoms with van der Waals surface area (Å²) in [5, 5.41) is 15.4. The molecular weight excluding hydrogens is 251 g/mol. The number of hydrogen-bond acceptors (Lipinski definition) is 4. The van der Waals surface area contributed by atoms with Crippen LogP contribution in [0, 0.1) is 5.82 Å². The molecule has 0 spiro atoms. The Kier molecular flexibility index (Phi) is 3.93. The lowest BCUT2D eigenvalue weighted by Gasteiger charge is -2.19. The van der Waals surface area contributed by atoms with Crippen molar-refractivity contribution in [1.82, 2.24) is 10.3 Å². The highest BCUT2D eigenvalue weighted by Gasteiger charge is 2.15. The van der Waals surface area contributed by atoms with Crippen molar-refractivity contribution < 1.29 is 9.50 Å². The second-order valence-electron chi connectivity index (χ2n) is 4.19. The number of hydrogen-bond donors (Lipinski definition) is 2. The van der Waals surface area contributed by atoms with Crippen molar-refractivity contribution in [2.75, 3.05) is 0 Å². The molecule has 1 heterocycles. The number of nitrogens with zero attached hydrogens (tertiary/aromatic N) is 1. The Morgan fingerprint density at radius 2 is 2.11 bits per heavy atom. The van der Waals surface area contributed by atoms with Crippen LogP contribution in [0.5, 0.6) is 5.75 Å². The first kappa shape index (κ1) is 13.0. The third-order valence-electron chi connectivity index (χ3n) is 2.77. The highest BCUT2D eigenvalue weighted by Crippen LogP contribution is 2.24. The molecule has 0 aliphatic rings. The number of nitrogens with one attached hydrogen (secondary N) is 1. The zero-order valence-electron chi connectivity index (χ0n) is 10.2. The molecule has 1 aromatic heterocycles. The van der Waals surface area contributed by atoms with E-state index in [1.54, 1.807) is 23.6 Å². The van der Waals surface area contributed by atoms with Crippen LogP contribution < -0.4 is 5.32 Å². The topological polar surface area (TPSA) is 45.1 Å². The molecule has 0 amide bonds. The van der Waals surface area contributed by atoms with E-state index in [0.717, 1.165) is 11.1 Å². The van der Waals surface area contributed by atoms with Crippen molar-refractivity contribution in [3.8, 4) is 5.75 Å². The first-order chi connectivity index (χ1) is 8.58.